The number of hydrogen-bond acceptors (Lipinski definition) is 6. The molecule has 3 heterocycles. The standard InChI is InChI=1S/C56H36N6O/c1-2-50-58-46-20-12-13-21-47(46)62(50)41-26-24-40(25-27-41)56(39-18-10-5-11-19-39)44-29-23-38(55-60-53(36-14-6-3-7-15-36)59-54(61-55)37-16-8-4-9-17-37)33-43(44)51-45(56)30-31-48-52(51)42-28-22-35(34-57)32-49(42)63-48/h3-33H,2H2,1H3. The summed E-state index contributed by atoms with van der Waals surface area (Å²) in [6, 6.07) is 67.3. The zero-order valence-electron chi connectivity index (χ0n) is 34.2. The lowest BCUT2D eigenvalue weighted by atomic mass is 9.67. The number of rotatable bonds is 7. The van der Waals surface area contributed by atoms with Crippen LogP contribution in [0.5, 0.6) is 0 Å². The van der Waals surface area contributed by atoms with Gasteiger partial charge in [-0.2, -0.15) is 5.26 Å². The van der Waals surface area contributed by atoms with E-state index >= 15 is 0 Å². The maximum absolute atomic E-state index is 9.85. The lowest BCUT2D eigenvalue weighted by Gasteiger charge is -2.34. The summed E-state index contributed by atoms with van der Waals surface area (Å²) in [6.07, 6.45) is 0.804. The molecule has 7 nitrogen and oxygen atoms in total. The number of hydrogen-bond donors (Lipinski definition) is 0. The van der Waals surface area contributed by atoms with Gasteiger partial charge in [-0.1, -0.05) is 140 Å². The first-order valence-electron chi connectivity index (χ1n) is 21.2. The summed E-state index contributed by atoms with van der Waals surface area (Å²) in [5.74, 6) is 2.81. The minimum Gasteiger partial charge on any atom is -0.456 e. The van der Waals surface area contributed by atoms with Crippen molar-refractivity contribution in [3.63, 3.8) is 0 Å². The number of nitrogens with zero attached hydrogens (tertiary/aromatic N) is 6. The van der Waals surface area contributed by atoms with Gasteiger partial charge in [0.2, 0.25) is 0 Å². The minimum absolute atomic E-state index is 0.551. The van der Waals surface area contributed by atoms with Crippen LogP contribution in [0.15, 0.2) is 192 Å². The number of benzene rings is 8. The van der Waals surface area contributed by atoms with E-state index in [1.54, 1.807) is 0 Å². The van der Waals surface area contributed by atoms with E-state index < -0.39 is 5.41 Å². The van der Waals surface area contributed by atoms with E-state index in [-0.39, 0.29) is 0 Å². The molecule has 1 aliphatic rings. The number of aromatic nitrogens is 5. The van der Waals surface area contributed by atoms with Crippen LogP contribution >= 0.6 is 0 Å². The predicted octanol–water partition coefficient (Wildman–Crippen LogP) is 12.9. The Kier molecular flexibility index (Phi) is 8.28. The lowest BCUT2D eigenvalue weighted by Crippen LogP contribution is -2.28. The molecule has 1 atom stereocenters. The highest BCUT2D eigenvalue weighted by molar-refractivity contribution is 6.16. The molecule has 0 aliphatic heterocycles. The third-order valence-electron chi connectivity index (χ3n) is 12.5. The Morgan fingerprint density at radius 1 is 0.556 bits per heavy atom. The lowest BCUT2D eigenvalue weighted by molar-refractivity contribution is 0.668. The van der Waals surface area contributed by atoms with Gasteiger partial charge in [-0.3, -0.25) is 4.57 Å². The highest BCUT2D eigenvalue weighted by Gasteiger charge is 2.47. The van der Waals surface area contributed by atoms with Crippen LogP contribution in [0, 0.1) is 11.3 Å². The highest BCUT2D eigenvalue weighted by Crippen LogP contribution is 2.59. The first kappa shape index (κ1) is 36.4. The second kappa shape index (κ2) is 14.3. The van der Waals surface area contributed by atoms with E-state index in [4.69, 9.17) is 24.4 Å². The second-order valence-corrected chi connectivity index (χ2v) is 16.0. The van der Waals surface area contributed by atoms with Crippen molar-refractivity contribution in [2.45, 2.75) is 18.8 Å². The van der Waals surface area contributed by atoms with Crippen molar-refractivity contribution in [1.82, 2.24) is 24.5 Å². The number of aryl methyl sites for hydroxylation is 1. The van der Waals surface area contributed by atoms with Crippen molar-refractivity contribution >= 4 is 33.0 Å². The normalized spacial score (nSPS) is 14.2. The Morgan fingerprint density at radius 3 is 1.86 bits per heavy atom. The molecule has 3 aromatic heterocycles. The van der Waals surface area contributed by atoms with Crippen LogP contribution in [0.1, 0.15) is 40.6 Å². The summed E-state index contributed by atoms with van der Waals surface area (Å²) in [5, 5.41) is 11.8. The predicted molar refractivity (Wildman–Crippen MR) is 249 cm³/mol. The number of imidazole rings is 1. The molecule has 7 heteroatoms. The first-order valence-corrected chi connectivity index (χ1v) is 21.2. The molecule has 0 amide bonds. The fourth-order valence-electron chi connectivity index (χ4n) is 9.77. The van der Waals surface area contributed by atoms with Crippen molar-refractivity contribution in [3.8, 4) is 57.0 Å². The highest BCUT2D eigenvalue weighted by atomic mass is 16.3. The zero-order valence-corrected chi connectivity index (χ0v) is 34.2. The molecule has 63 heavy (non-hydrogen) atoms. The van der Waals surface area contributed by atoms with Crippen LogP contribution in [0.3, 0.4) is 0 Å². The second-order valence-electron chi connectivity index (χ2n) is 16.0. The summed E-state index contributed by atoms with van der Waals surface area (Å²) >= 11 is 0. The number of nitriles is 1. The molecule has 0 bridgehead atoms. The molecule has 0 spiro atoms. The van der Waals surface area contributed by atoms with E-state index in [2.05, 4.69) is 121 Å². The molecule has 8 aromatic carbocycles. The third kappa shape index (κ3) is 5.59. The monoisotopic (exact) mass is 808 g/mol. The van der Waals surface area contributed by atoms with E-state index in [0.717, 1.165) is 95.4 Å². The average Bonchev–Trinajstić information content (AvgIpc) is 4.02. The first-order chi connectivity index (χ1) is 31.1. The number of fused-ring (bicyclic) bond motifs is 8. The fourth-order valence-corrected chi connectivity index (χ4v) is 9.77. The quantitative estimate of drug-likeness (QED) is 0.159. The molecule has 0 saturated heterocycles. The van der Waals surface area contributed by atoms with Crippen LogP contribution in [-0.2, 0) is 11.8 Å². The van der Waals surface area contributed by atoms with Crippen molar-refractivity contribution in [2.75, 3.05) is 0 Å². The molecule has 296 valence electrons. The van der Waals surface area contributed by atoms with Crippen molar-refractivity contribution in [3.05, 3.63) is 222 Å². The molecule has 0 radical (unpaired) electrons. The van der Waals surface area contributed by atoms with Crippen molar-refractivity contribution in [2.24, 2.45) is 0 Å². The Balaban J connectivity index is 1.14. The van der Waals surface area contributed by atoms with Gasteiger partial charge in [0.25, 0.3) is 0 Å². The van der Waals surface area contributed by atoms with Gasteiger partial charge >= 0.3 is 0 Å². The maximum Gasteiger partial charge on any atom is 0.164 e. The van der Waals surface area contributed by atoms with Crippen LogP contribution < -0.4 is 0 Å². The molecule has 11 aromatic rings. The van der Waals surface area contributed by atoms with Gasteiger partial charge < -0.3 is 4.42 Å². The topological polar surface area (TPSA) is 93.4 Å². The number of para-hydroxylation sites is 2. The molecule has 1 unspecified atom stereocenters. The smallest absolute Gasteiger partial charge is 0.164 e. The maximum atomic E-state index is 9.85. The molecule has 0 fully saturated rings. The summed E-state index contributed by atoms with van der Waals surface area (Å²) < 4.78 is 8.85. The summed E-state index contributed by atoms with van der Waals surface area (Å²) in [6.45, 7) is 2.15. The fraction of sp³-hybridized carbons (Fsp3) is 0.0536. The molecule has 0 saturated carbocycles. The van der Waals surface area contributed by atoms with E-state index in [0.29, 0.717) is 28.6 Å². The van der Waals surface area contributed by atoms with Crippen LogP contribution in [0.4, 0.5) is 0 Å². The molecule has 1 aliphatic carbocycles. The van der Waals surface area contributed by atoms with Crippen molar-refractivity contribution in [1.29, 1.82) is 5.26 Å². The van der Waals surface area contributed by atoms with E-state index in [9.17, 15) is 5.26 Å². The van der Waals surface area contributed by atoms with Crippen LogP contribution in [-0.4, -0.2) is 24.5 Å². The number of furan rings is 1. The minimum atomic E-state index is -0.721. The van der Waals surface area contributed by atoms with Crippen LogP contribution in [0.2, 0.25) is 0 Å². The molecule has 12 rings (SSSR count). The Bertz CT molecular complexity index is 3550. The zero-order chi connectivity index (χ0) is 42.1. The van der Waals surface area contributed by atoms with Crippen molar-refractivity contribution < 1.29 is 4.42 Å². The largest absolute Gasteiger partial charge is 0.456 e. The molecule has 0 N–H and O–H groups in total. The van der Waals surface area contributed by atoms with Gasteiger partial charge in [0.1, 0.15) is 17.0 Å². The Morgan fingerprint density at radius 2 is 1.17 bits per heavy atom. The van der Waals surface area contributed by atoms with Gasteiger partial charge in [-0.05, 0) is 88.0 Å². The SMILES string of the molecule is CCc1nc2ccccc2n1-c1ccc(C2(c3ccccc3)c3ccc(-c4nc(-c5ccccc5)nc(-c5ccccc5)n4)cc3-c3c2ccc2oc4cc(C#N)ccc4c32)cc1. The molecular weight excluding hydrogens is 773 g/mol. The van der Waals surface area contributed by atoms with E-state index in [1.807, 2.05) is 84.9 Å². The molecular formula is C56H36N6O. The van der Waals surface area contributed by atoms with Gasteiger partial charge in [0.05, 0.1) is 28.1 Å². The third-order valence-corrected chi connectivity index (χ3v) is 12.5. The summed E-state index contributed by atoms with van der Waals surface area (Å²) in [5.41, 5.74) is 13.8. The van der Waals surface area contributed by atoms with E-state index in [1.165, 1.54) is 0 Å². The van der Waals surface area contributed by atoms with Gasteiger partial charge in [-0.15, -0.1) is 0 Å². The van der Waals surface area contributed by atoms with Gasteiger partial charge in [0, 0.05) is 39.6 Å². The van der Waals surface area contributed by atoms with Crippen LogP contribution in [0.25, 0.3) is 83.9 Å². The summed E-state index contributed by atoms with van der Waals surface area (Å²) in [4.78, 5) is 20.3. The summed E-state index contributed by atoms with van der Waals surface area (Å²) in [7, 11) is 0. The Labute approximate surface area is 363 Å². The Hall–Kier alpha value is -8.47. The average molecular weight is 809 g/mol. The van der Waals surface area contributed by atoms with Gasteiger partial charge in [-0.25, -0.2) is 19.9 Å². The van der Waals surface area contributed by atoms with Gasteiger partial charge in [0.15, 0.2) is 17.5 Å².